The summed E-state index contributed by atoms with van der Waals surface area (Å²) in [4.78, 5) is 14.5. The van der Waals surface area contributed by atoms with E-state index in [0.29, 0.717) is 29.4 Å². The molecule has 0 unspecified atom stereocenters. The molecular weight excluding hydrogens is 266 g/mol. The summed E-state index contributed by atoms with van der Waals surface area (Å²) >= 11 is 5.92. The molecule has 5 nitrogen and oxygen atoms in total. The van der Waals surface area contributed by atoms with Gasteiger partial charge in [-0.15, -0.1) is 0 Å². The highest BCUT2D eigenvalue weighted by molar-refractivity contribution is 6.30. The molecule has 1 N–H and O–H groups in total. The molecule has 1 aromatic rings. The molecule has 0 radical (unpaired) electrons. The fourth-order valence-electron chi connectivity index (χ4n) is 1.63. The van der Waals surface area contributed by atoms with E-state index in [1.165, 1.54) is 0 Å². The van der Waals surface area contributed by atoms with Crippen molar-refractivity contribution >= 4 is 23.3 Å². The first-order valence-electron chi connectivity index (χ1n) is 5.75. The fourth-order valence-corrected chi connectivity index (χ4v) is 1.80. The van der Waals surface area contributed by atoms with Gasteiger partial charge in [-0.05, 0) is 32.3 Å². The third kappa shape index (κ3) is 4.78. The third-order valence-corrected chi connectivity index (χ3v) is 2.80. The Kier molecular flexibility index (Phi) is 5.61. The smallest absolute Gasteiger partial charge is 0.323 e. The number of carbonyl (C=O) groups is 1. The number of benzene rings is 1. The second-order valence-corrected chi connectivity index (χ2v) is 4.83. The van der Waals surface area contributed by atoms with Crippen molar-refractivity contribution in [3.63, 3.8) is 0 Å². The summed E-state index contributed by atoms with van der Waals surface area (Å²) in [5.41, 5.74) is 0.976. The summed E-state index contributed by atoms with van der Waals surface area (Å²) in [6, 6.07) is 6.90. The van der Waals surface area contributed by atoms with Gasteiger partial charge in [-0.25, -0.2) is 0 Å². The maximum Gasteiger partial charge on any atom is 0.323 e. The van der Waals surface area contributed by atoms with Crippen LogP contribution in [0, 0.1) is 11.3 Å². The van der Waals surface area contributed by atoms with E-state index in [9.17, 15) is 4.79 Å². The monoisotopic (exact) mass is 281 g/mol. The molecule has 0 bridgehead atoms. The quantitative estimate of drug-likeness (QED) is 0.859. The van der Waals surface area contributed by atoms with E-state index in [1.54, 1.807) is 23.1 Å². The minimum absolute atomic E-state index is 0.164. The lowest BCUT2D eigenvalue weighted by atomic mass is 10.1. The van der Waals surface area contributed by atoms with Crippen molar-refractivity contribution in [2.24, 2.45) is 0 Å². The Hall–Kier alpha value is -1.77. The van der Waals surface area contributed by atoms with Gasteiger partial charge in [-0.1, -0.05) is 11.6 Å². The Labute approximate surface area is 117 Å². The number of halogens is 1. The van der Waals surface area contributed by atoms with Crippen molar-refractivity contribution < 1.29 is 9.90 Å². The maximum absolute atomic E-state index is 10.9. The van der Waals surface area contributed by atoms with Gasteiger partial charge in [0, 0.05) is 18.1 Å². The number of anilines is 1. The summed E-state index contributed by atoms with van der Waals surface area (Å²) < 4.78 is 0. The van der Waals surface area contributed by atoms with E-state index in [2.05, 4.69) is 6.07 Å². The van der Waals surface area contributed by atoms with Gasteiger partial charge in [0.15, 0.2) is 0 Å². The maximum atomic E-state index is 10.9. The predicted octanol–water partition coefficient (Wildman–Crippen LogP) is 1.66. The highest BCUT2D eigenvalue weighted by atomic mass is 35.5. The summed E-state index contributed by atoms with van der Waals surface area (Å²) in [5, 5.41) is 18.5. The van der Waals surface area contributed by atoms with Crippen LogP contribution in [0.5, 0.6) is 0 Å². The lowest BCUT2D eigenvalue weighted by Crippen LogP contribution is -2.36. The summed E-state index contributed by atoms with van der Waals surface area (Å²) in [7, 11) is 3.81. The standard InChI is InChI=1S/C13H16ClN3O2/c1-16(2)5-6-17(9-13(18)19)12-7-11(14)4-3-10(12)8-15/h3-4,7H,5-6,9H2,1-2H3,(H,18,19). The molecule has 102 valence electrons. The molecule has 19 heavy (non-hydrogen) atoms. The Bertz CT molecular complexity index is 497. The molecule has 0 aromatic heterocycles. The Morgan fingerprint density at radius 2 is 2.11 bits per heavy atom. The number of hydrogen-bond acceptors (Lipinski definition) is 4. The van der Waals surface area contributed by atoms with Crippen LogP contribution < -0.4 is 4.90 Å². The number of aliphatic carboxylic acids is 1. The molecule has 0 fully saturated rings. The predicted molar refractivity (Wildman–Crippen MR) is 74.6 cm³/mol. The van der Waals surface area contributed by atoms with Gasteiger partial charge in [0.05, 0.1) is 11.3 Å². The normalized spacial score (nSPS) is 10.3. The van der Waals surface area contributed by atoms with E-state index in [1.807, 2.05) is 19.0 Å². The largest absolute Gasteiger partial charge is 0.480 e. The lowest BCUT2D eigenvalue weighted by molar-refractivity contribution is -0.135. The molecule has 6 heteroatoms. The van der Waals surface area contributed by atoms with E-state index in [-0.39, 0.29) is 6.54 Å². The van der Waals surface area contributed by atoms with Crippen molar-refractivity contribution in [1.29, 1.82) is 5.26 Å². The van der Waals surface area contributed by atoms with Crippen LogP contribution in [0.4, 0.5) is 5.69 Å². The Balaban J connectivity index is 3.05. The Morgan fingerprint density at radius 1 is 1.42 bits per heavy atom. The average molecular weight is 282 g/mol. The zero-order chi connectivity index (χ0) is 14.4. The molecule has 0 spiro atoms. The van der Waals surface area contributed by atoms with E-state index < -0.39 is 5.97 Å². The third-order valence-electron chi connectivity index (χ3n) is 2.56. The van der Waals surface area contributed by atoms with Gasteiger partial charge < -0.3 is 14.9 Å². The molecule has 0 amide bonds. The molecule has 0 atom stereocenters. The summed E-state index contributed by atoms with van der Waals surface area (Å²) in [5.74, 6) is -0.942. The number of nitrogens with zero attached hydrogens (tertiary/aromatic N) is 3. The fraction of sp³-hybridized carbons (Fsp3) is 0.385. The van der Waals surface area contributed by atoms with Crippen LogP contribution in [0.2, 0.25) is 5.02 Å². The van der Waals surface area contributed by atoms with Crippen LogP contribution >= 0.6 is 11.6 Å². The van der Waals surface area contributed by atoms with Gasteiger partial charge in [-0.2, -0.15) is 5.26 Å². The summed E-state index contributed by atoms with van der Waals surface area (Å²) in [6.07, 6.45) is 0. The molecule has 1 rings (SSSR count). The van der Waals surface area contributed by atoms with Crippen LogP contribution in [0.1, 0.15) is 5.56 Å². The molecule has 0 heterocycles. The number of rotatable bonds is 6. The van der Waals surface area contributed by atoms with Crippen LogP contribution in [-0.2, 0) is 4.79 Å². The van der Waals surface area contributed by atoms with Crippen LogP contribution in [0.15, 0.2) is 18.2 Å². The van der Waals surface area contributed by atoms with Crippen molar-refractivity contribution in [3.8, 4) is 6.07 Å². The number of hydrogen-bond donors (Lipinski definition) is 1. The van der Waals surface area contributed by atoms with Crippen LogP contribution in [0.3, 0.4) is 0 Å². The topological polar surface area (TPSA) is 67.6 Å². The van der Waals surface area contributed by atoms with Gasteiger partial charge in [0.25, 0.3) is 0 Å². The lowest BCUT2D eigenvalue weighted by Gasteiger charge is -2.25. The van der Waals surface area contributed by atoms with E-state index in [0.717, 1.165) is 0 Å². The van der Waals surface area contributed by atoms with Gasteiger partial charge >= 0.3 is 5.97 Å². The highest BCUT2D eigenvalue weighted by Crippen LogP contribution is 2.24. The molecule has 0 aliphatic heterocycles. The molecule has 1 aromatic carbocycles. The SMILES string of the molecule is CN(C)CCN(CC(=O)O)c1cc(Cl)ccc1C#N. The average Bonchev–Trinajstić information content (AvgIpc) is 2.33. The van der Waals surface area contributed by atoms with Gasteiger partial charge in [0.2, 0.25) is 0 Å². The molecule has 0 saturated carbocycles. The minimum atomic E-state index is -0.942. The number of carboxylic acid groups (broad SMARTS) is 1. The van der Waals surface area contributed by atoms with Crippen LogP contribution in [0.25, 0.3) is 0 Å². The van der Waals surface area contributed by atoms with Crippen molar-refractivity contribution in [1.82, 2.24) is 4.90 Å². The van der Waals surface area contributed by atoms with Crippen molar-refractivity contribution in [3.05, 3.63) is 28.8 Å². The molecule has 0 aliphatic carbocycles. The van der Waals surface area contributed by atoms with E-state index in [4.69, 9.17) is 22.0 Å². The van der Waals surface area contributed by atoms with Gasteiger partial charge in [-0.3, -0.25) is 4.79 Å². The first-order valence-corrected chi connectivity index (χ1v) is 6.13. The second kappa shape index (κ2) is 6.98. The zero-order valence-electron chi connectivity index (χ0n) is 10.9. The molecule has 0 aliphatic rings. The molecule has 0 saturated heterocycles. The van der Waals surface area contributed by atoms with Crippen molar-refractivity contribution in [2.75, 3.05) is 38.6 Å². The minimum Gasteiger partial charge on any atom is -0.480 e. The first kappa shape index (κ1) is 15.3. The Morgan fingerprint density at radius 3 is 2.63 bits per heavy atom. The first-order chi connectivity index (χ1) is 8.93. The number of nitriles is 1. The van der Waals surface area contributed by atoms with E-state index >= 15 is 0 Å². The number of likely N-dealkylation sites (N-methyl/N-ethyl adjacent to an activating group) is 1. The zero-order valence-corrected chi connectivity index (χ0v) is 11.7. The van der Waals surface area contributed by atoms with Crippen LogP contribution in [-0.4, -0.2) is 49.7 Å². The second-order valence-electron chi connectivity index (χ2n) is 4.39. The highest BCUT2D eigenvalue weighted by Gasteiger charge is 2.15. The van der Waals surface area contributed by atoms with Gasteiger partial charge in [0.1, 0.15) is 12.6 Å². The molecular formula is C13H16ClN3O2. The summed E-state index contributed by atoms with van der Waals surface area (Å²) in [6.45, 7) is 1.03. The number of carboxylic acids is 1. The van der Waals surface area contributed by atoms with Crippen molar-refractivity contribution in [2.45, 2.75) is 0 Å².